The number of pyridine rings is 1. The highest BCUT2D eigenvalue weighted by Crippen LogP contribution is 2.35. The lowest BCUT2D eigenvalue weighted by Crippen LogP contribution is -2.52. The number of fused-ring (bicyclic) bond motifs is 1. The molecule has 2 aliphatic rings. The summed E-state index contributed by atoms with van der Waals surface area (Å²) in [6.45, 7) is 2.16. The normalized spacial score (nSPS) is 17.2. The van der Waals surface area contributed by atoms with E-state index in [1.807, 2.05) is 16.6 Å². The Hall–Kier alpha value is -3.23. The van der Waals surface area contributed by atoms with Crippen LogP contribution in [0.15, 0.2) is 35.3 Å². The first kappa shape index (κ1) is 17.8. The fourth-order valence-corrected chi connectivity index (χ4v) is 3.87. The fourth-order valence-electron chi connectivity index (χ4n) is 3.87. The van der Waals surface area contributed by atoms with Crippen LogP contribution in [0.25, 0.3) is 5.65 Å². The number of amides is 1. The summed E-state index contributed by atoms with van der Waals surface area (Å²) in [4.78, 5) is 26.5. The van der Waals surface area contributed by atoms with Crippen LogP contribution in [0.1, 0.15) is 41.4 Å². The zero-order valence-electron chi connectivity index (χ0n) is 16.3. The summed E-state index contributed by atoms with van der Waals surface area (Å²) in [5.41, 5.74) is 0.674. The van der Waals surface area contributed by atoms with Gasteiger partial charge in [-0.1, -0.05) is 6.42 Å². The van der Waals surface area contributed by atoms with Crippen molar-refractivity contribution in [1.29, 1.82) is 0 Å². The van der Waals surface area contributed by atoms with Gasteiger partial charge in [-0.05, 0) is 37.1 Å². The molecule has 150 valence electrons. The Labute approximate surface area is 167 Å². The number of rotatable bonds is 5. The van der Waals surface area contributed by atoms with Gasteiger partial charge in [-0.2, -0.15) is 4.52 Å². The fraction of sp³-hybridized carbons (Fsp3) is 0.450. The van der Waals surface area contributed by atoms with E-state index in [9.17, 15) is 9.59 Å². The van der Waals surface area contributed by atoms with E-state index in [1.54, 1.807) is 25.4 Å². The van der Waals surface area contributed by atoms with Crippen LogP contribution in [0, 0.1) is 5.92 Å². The van der Waals surface area contributed by atoms with E-state index in [1.165, 1.54) is 11.0 Å². The average Bonchev–Trinajstić information content (AvgIpc) is 3.04. The lowest BCUT2D eigenvalue weighted by molar-refractivity contribution is 0.0942. The van der Waals surface area contributed by atoms with Crippen molar-refractivity contribution in [3.8, 4) is 0 Å². The number of carbonyl (C=O) groups excluding carboxylic acids is 1. The molecular formula is C20H23N7O2. The predicted octanol–water partition coefficient (Wildman–Crippen LogP) is 0.957. The molecule has 0 bridgehead atoms. The highest BCUT2D eigenvalue weighted by Gasteiger charge is 2.30. The van der Waals surface area contributed by atoms with Crippen LogP contribution < -0.4 is 15.8 Å². The molecule has 3 aromatic rings. The predicted molar refractivity (Wildman–Crippen MR) is 107 cm³/mol. The molecule has 1 saturated carbocycles. The molecular weight excluding hydrogens is 370 g/mol. The minimum atomic E-state index is -0.321. The van der Waals surface area contributed by atoms with Gasteiger partial charge in [-0.3, -0.25) is 9.59 Å². The van der Waals surface area contributed by atoms with Crippen molar-refractivity contribution >= 4 is 17.4 Å². The van der Waals surface area contributed by atoms with E-state index < -0.39 is 0 Å². The first-order chi connectivity index (χ1) is 14.1. The largest absolute Gasteiger partial charge is 0.354 e. The van der Waals surface area contributed by atoms with Crippen LogP contribution >= 0.6 is 0 Å². The molecule has 0 radical (unpaired) electrons. The number of nitrogens with one attached hydrogen (secondary N) is 1. The average molecular weight is 393 g/mol. The van der Waals surface area contributed by atoms with Crippen LogP contribution in [0.5, 0.6) is 0 Å². The first-order valence-corrected chi connectivity index (χ1v) is 10.0. The molecule has 0 unspecified atom stereocenters. The molecule has 29 heavy (non-hydrogen) atoms. The molecule has 1 aliphatic heterocycles. The molecule has 9 heteroatoms. The third-order valence-electron chi connectivity index (χ3n) is 5.94. The molecule has 9 nitrogen and oxygen atoms in total. The van der Waals surface area contributed by atoms with Crippen molar-refractivity contribution in [2.75, 3.05) is 24.5 Å². The van der Waals surface area contributed by atoms with Gasteiger partial charge < -0.3 is 14.8 Å². The zero-order valence-corrected chi connectivity index (χ0v) is 16.3. The van der Waals surface area contributed by atoms with Crippen molar-refractivity contribution < 1.29 is 4.79 Å². The van der Waals surface area contributed by atoms with E-state index in [0.29, 0.717) is 18.4 Å². The standard InChI is InChI=1S/C20H23N7O2/c1-25-9-3-6-15(20(25)29)19(28)21-10-13-11-26(12-13)17-8-7-16-22-23-18(27(16)24-17)14-4-2-5-14/h3,6-9,13-14H,2,4-5,10-12H2,1H3,(H,21,28). The second-order valence-corrected chi connectivity index (χ2v) is 7.97. The first-order valence-electron chi connectivity index (χ1n) is 10.0. The molecule has 4 heterocycles. The molecule has 0 spiro atoms. The Balaban J connectivity index is 1.20. The van der Waals surface area contributed by atoms with Crippen molar-refractivity contribution in [2.45, 2.75) is 25.2 Å². The van der Waals surface area contributed by atoms with Gasteiger partial charge in [0.1, 0.15) is 11.4 Å². The third kappa shape index (κ3) is 3.16. The van der Waals surface area contributed by atoms with Gasteiger partial charge in [0.2, 0.25) is 0 Å². The number of hydrogen-bond acceptors (Lipinski definition) is 6. The number of carbonyl (C=O) groups is 1. The SMILES string of the molecule is Cn1cccc(C(=O)NCC2CN(c3ccc4nnc(C5CCC5)n4n3)C2)c1=O. The number of aryl methyl sites for hydroxylation is 1. The minimum Gasteiger partial charge on any atom is -0.354 e. The van der Waals surface area contributed by atoms with E-state index in [0.717, 1.165) is 43.2 Å². The number of anilines is 1. The highest BCUT2D eigenvalue weighted by molar-refractivity contribution is 5.93. The van der Waals surface area contributed by atoms with Crippen molar-refractivity contribution in [3.63, 3.8) is 0 Å². The third-order valence-corrected chi connectivity index (χ3v) is 5.94. The molecule has 2 fully saturated rings. The van der Waals surface area contributed by atoms with Crippen molar-refractivity contribution in [2.24, 2.45) is 13.0 Å². The summed E-state index contributed by atoms with van der Waals surface area (Å²) in [7, 11) is 1.64. The Morgan fingerprint density at radius 1 is 1.21 bits per heavy atom. The van der Waals surface area contributed by atoms with Gasteiger partial charge in [0.15, 0.2) is 11.5 Å². The van der Waals surface area contributed by atoms with Gasteiger partial charge >= 0.3 is 0 Å². The van der Waals surface area contributed by atoms with Gasteiger partial charge in [-0.25, -0.2) is 0 Å². The minimum absolute atomic E-state index is 0.175. The summed E-state index contributed by atoms with van der Waals surface area (Å²) in [5.74, 6) is 2.34. The van der Waals surface area contributed by atoms with Gasteiger partial charge in [0.05, 0.1) is 0 Å². The molecule has 5 rings (SSSR count). The highest BCUT2D eigenvalue weighted by atomic mass is 16.2. The van der Waals surface area contributed by atoms with E-state index in [-0.39, 0.29) is 17.0 Å². The van der Waals surface area contributed by atoms with Crippen LogP contribution in [0.3, 0.4) is 0 Å². The second kappa shape index (κ2) is 6.98. The quantitative estimate of drug-likeness (QED) is 0.693. The summed E-state index contributed by atoms with van der Waals surface area (Å²) < 4.78 is 3.28. The zero-order chi connectivity index (χ0) is 20.0. The Morgan fingerprint density at radius 3 is 2.79 bits per heavy atom. The van der Waals surface area contributed by atoms with E-state index in [2.05, 4.69) is 20.4 Å². The molecule has 1 N–H and O–H groups in total. The number of nitrogens with zero attached hydrogens (tertiary/aromatic N) is 6. The van der Waals surface area contributed by atoms with Crippen molar-refractivity contribution in [3.05, 3.63) is 52.2 Å². The summed E-state index contributed by atoms with van der Waals surface area (Å²) in [6.07, 6.45) is 5.19. The molecule has 0 atom stereocenters. The summed E-state index contributed by atoms with van der Waals surface area (Å²) >= 11 is 0. The Morgan fingerprint density at radius 2 is 2.03 bits per heavy atom. The smallest absolute Gasteiger partial charge is 0.263 e. The monoisotopic (exact) mass is 393 g/mol. The van der Waals surface area contributed by atoms with Gasteiger partial charge in [-0.15, -0.1) is 15.3 Å². The maximum Gasteiger partial charge on any atom is 0.263 e. The summed E-state index contributed by atoms with van der Waals surface area (Å²) in [6, 6.07) is 7.18. The van der Waals surface area contributed by atoms with Crippen LogP contribution in [-0.4, -0.2) is 49.9 Å². The van der Waals surface area contributed by atoms with Crippen molar-refractivity contribution in [1.82, 2.24) is 29.7 Å². The molecule has 1 saturated heterocycles. The number of aromatic nitrogens is 5. The molecule has 0 aromatic carbocycles. The topological polar surface area (TPSA) is 97.4 Å². The lowest BCUT2D eigenvalue weighted by Gasteiger charge is -2.40. The van der Waals surface area contributed by atoms with Crippen LogP contribution in [0.2, 0.25) is 0 Å². The lowest BCUT2D eigenvalue weighted by atomic mass is 9.85. The second-order valence-electron chi connectivity index (χ2n) is 7.97. The Bertz CT molecular complexity index is 1130. The summed E-state index contributed by atoms with van der Waals surface area (Å²) in [5, 5.41) is 16.2. The molecule has 1 amide bonds. The van der Waals surface area contributed by atoms with Gasteiger partial charge in [0.25, 0.3) is 11.5 Å². The number of hydrogen-bond donors (Lipinski definition) is 1. The van der Waals surface area contributed by atoms with Gasteiger partial charge in [0, 0.05) is 44.7 Å². The molecule has 3 aromatic heterocycles. The van der Waals surface area contributed by atoms with Crippen LogP contribution in [-0.2, 0) is 7.05 Å². The van der Waals surface area contributed by atoms with E-state index in [4.69, 9.17) is 5.10 Å². The maximum absolute atomic E-state index is 12.3. The van der Waals surface area contributed by atoms with E-state index >= 15 is 0 Å². The Kier molecular flexibility index (Phi) is 4.30. The molecule has 1 aliphatic carbocycles. The maximum atomic E-state index is 12.3. The van der Waals surface area contributed by atoms with Crippen LogP contribution in [0.4, 0.5) is 5.82 Å².